The number of hydrogen-bond donors (Lipinski definition) is 0. The molecule has 0 saturated carbocycles. The van der Waals surface area contributed by atoms with Gasteiger partial charge in [-0.2, -0.15) is 18.4 Å². The lowest BCUT2D eigenvalue weighted by Gasteiger charge is -2.09. The highest BCUT2D eigenvalue weighted by Crippen LogP contribution is 2.31. The van der Waals surface area contributed by atoms with Gasteiger partial charge in [-0.15, -0.1) is 0 Å². The topological polar surface area (TPSA) is 40.9 Å². The van der Waals surface area contributed by atoms with Gasteiger partial charge in [0.25, 0.3) is 0 Å². The Kier molecular flexibility index (Phi) is 4.01. The third-order valence-electron chi connectivity index (χ3n) is 2.11. The zero-order valence-corrected chi connectivity index (χ0v) is 8.81. The van der Waals surface area contributed by atoms with E-state index in [4.69, 9.17) is 5.26 Å². The summed E-state index contributed by atoms with van der Waals surface area (Å²) in [6.45, 7) is 0. The smallest absolute Gasteiger partial charge is 0.294 e. The highest BCUT2D eigenvalue weighted by molar-refractivity contribution is 5.96. The van der Waals surface area contributed by atoms with Gasteiger partial charge in [-0.25, -0.2) is 8.78 Å². The predicted octanol–water partition coefficient (Wildman–Crippen LogP) is 3.47. The molecule has 0 aliphatic carbocycles. The van der Waals surface area contributed by atoms with Gasteiger partial charge >= 0.3 is 6.18 Å². The van der Waals surface area contributed by atoms with E-state index in [-0.39, 0.29) is 18.6 Å². The van der Waals surface area contributed by atoms with Crippen molar-refractivity contribution in [2.75, 3.05) is 0 Å². The molecule has 1 aromatic carbocycles. The van der Waals surface area contributed by atoms with Crippen LogP contribution in [-0.2, 0) is 6.18 Å². The van der Waals surface area contributed by atoms with Gasteiger partial charge in [-0.1, -0.05) is 0 Å². The SMILES string of the molecule is N#CCCC(=O)c1c(F)cc(C(F)(F)F)cc1F. The average Bonchev–Trinajstić information content (AvgIpc) is 2.24. The van der Waals surface area contributed by atoms with Crippen LogP contribution in [0.1, 0.15) is 28.8 Å². The monoisotopic (exact) mass is 263 g/mol. The van der Waals surface area contributed by atoms with Crippen molar-refractivity contribution in [2.45, 2.75) is 19.0 Å². The molecule has 0 fully saturated rings. The summed E-state index contributed by atoms with van der Waals surface area (Å²) >= 11 is 0. The van der Waals surface area contributed by atoms with Crippen LogP contribution in [0.2, 0.25) is 0 Å². The van der Waals surface area contributed by atoms with E-state index in [1.165, 1.54) is 0 Å². The molecule has 0 heterocycles. The van der Waals surface area contributed by atoms with E-state index in [1.54, 1.807) is 6.07 Å². The normalized spacial score (nSPS) is 11.1. The number of alkyl halides is 3. The van der Waals surface area contributed by atoms with E-state index in [0.29, 0.717) is 0 Å². The number of carbonyl (C=O) groups is 1. The molecule has 0 unspecified atom stereocenters. The van der Waals surface area contributed by atoms with Crippen LogP contribution in [-0.4, -0.2) is 5.78 Å². The molecule has 0 N–H and O–H groups in total. The summed E-state index contributed by atoms with van der Waals surface area (Å²) in [7, 11) is 0. The maximum Gasteiger partial charge on any atom is 0.416 e. The summed E-state index contributed by atoms with van der Waals surface area (Å²) in [5.74, 6) is -4.20. The minimum atomic E-state index is -4.89. The van der Waals surface area contributed by atoms with Crippen molar-refractivity contribution < 1.29 is 26.7 Å². The predicted molar refractivity (Wildman–Crippen MR) is 50.5 cm³/mol. The lowest BCUT2D eigenvalue weighted by Crippen LogP contribution is -2.11. The van der Waals surface area contributed by atoms with E-state index >= 15 is 0 Å². The Balaban J connectivity index is 3.18. The molecular weight excluding hydrogens is 257 g/mol. The molecule has 0 aliphatic rings. The Hall–Kier alpha value is -1.97. The van der Waals surface area contributed by atoms with Crippen LogP contribution in [0.15, 0.2) is 12.1 Å². The largest absolute Gasteiger partial charge is 0.416 e. The zero-order chi connectivity index (χ0) is 13.9. The third-order valence-corrected chi connectivity index (χ3v) is 2.11. The molecule has 0 saturated heterocycles. The number of nitriles is 1. The van der Waals surface area contributed by atoms with Crippen LogP contribution in [0, 0.1) is 23.0 Å². The standard InChI is InChI=1S/C11H6F5NO/c12-7-4-6(11(14,15)16)5-8(13)10(7)9(18)2-1-3-17/h4-5H,1-2H2. The molecule has 0 bridgehead atoms. The van der Waals surface area contributed by atoms with Crippen LogP contribution in [0.3, 0.4) is 0 Å². The number of ketones is 1. The molecular formula is C11H6F5NO. The third kappa shape index (κ3) is 3.03. The number of rotatable bonds is 3. The fraction of sp³-hybridized carbons (Fsp3) is 0.273. The number of Topliss-reactive ketones (excluding diaryl/α,β-unsaturated/α-hetero) is 1. The lowest BCUT2D eigenvalue weighted by molar-refractivity contribution is -0.138. The van der Waals surface area contributed by atoms with Gasteiger partial charge in [-0.05, 0) is 12.1 Å². The second-order valence-corrected chi connectivity index (χ2v) is 3.39. The van der Waals surface area contributed by atoms with E-state index in [1.807, 2.05) is 0 Å². The van der Waals surface area contributed by atoms with Gasteiger partial charge in [-0.3, -0.25) is 4.79 Å². The van der Waals surface area contributed by atoms with Crippen LogP contribution in [0.4, 0.5) is 22.0 Å². The highest BCUT2D eigenvalue weighted by Gasteiger charge is 2.33. The molecule has 0 aliphatic heterocycles. The summed E-state index contributed by atoms with van der Waals surface area (Å²) in [4.78, 5) is 11.3. The molecule has 0 radical (unpaired) electrons. The Morgan fingerprint density at radius 1 is 1.22 bits per heavy atom. The fourth-order valence-corrected chi connectivity index (χ4v) is 1.30. The van der Waals surface area contributed by atoms with Gasteiger partial charge < -0.3 is 0 Å². The number of nitrogens with zero attached hydrogens (tertiary/aromatic N) is 1. The summed E-state index contributed by atoms with van der Waals surface area (Å²) in [5, 5.41) is 8.21. The molecule has 2 nitrogen and oxygen atoms in total. The van der Waals surface area contributed by atoms with Gasteiger partial charge in [0.2, 0.25) is 0 Å². The average molecular weight is 263 g/mol. The molecule has 96 valence electrons. The van der Waals surface area contributed by atoms with Crippen LogP contribution in [0.25, 0.3) is 0 Å². The van der Waals surface area contributed by atoms with Crippen molar-refractivity contribution in [3.63, 3.8) is 0 Å². The highest BCUT2D eigenvalue weighted by atomic mass is 19.4. The van der Waals surface area contributed by atoms with E-state index in [0.717, 1.165) is 0 Å². The fourth-order valence-electron chi connectivity index (χ4n) is 1.30. The van der Waals surface area contributed by atoms with E-state index in [9.17, 15) is 26.7 Å². The molecule has 0 aromatic heterocycles. The molecule has 1 rings (SSSR count). The van der Waals surface area contributed by atoms with Crippen LogP contribution in [0.5, 0.6) is 0 Å². The summed E-state index contributed by atoms with van der Waals surface area (Å²) in [6, 6.07) is 1.71. The first-order valence-electron chi connectivity index (χ1n) is 4.73. The van der Waals surface area contributed by atoms with E-state index < -0.39 is 41.1 Å². The lowest BCUT2D eigenvalue weighted by atomic mass is 10.0. The Morgan fingerprint density at radius 3 is 2.11 bits per heavy atom. The van der Waals surface area contributed by atoms with Crippen LogP contribution >= 0.6 is 0 Å². The van der Waals surface area contributed by atoms with Gasteiger partial charge in [0.15, 0.2) is 5.78 Å². The minimum absolute atomic E-state index is 0.0582. The molecule has 1 aromatic rings. The van der Waals surface area contributed by atoms with Crippen molar-refractivity contribution >= 4 is 5.78 Å². The van der Waals surface area contributed by atoms with Crippen molar-refractivity contribution in [3.05, 3.63) is 34.9 Å². The quantitative estimate of drug-likeness (QED) is 0.618. The first kappa shape index (κ1) is 14.1. The summed E-state index contributed by atoms with van der Waals surface area (Å²) in [6.07, 6.45) is -5.61. The summed E-state index contributed by atoms with van der Waals surface area (Å²) in [5.41, 5.74) is -2.55. The number of halogens is 5. The molecule has 0 amide bonds. The second kappa shape index (κ2) is 5.12. The molecule has 0 atom stereocenters. The van der Waals surface area contributed by atoms with Crippen molar-refractivity contribution in [1.29, 1.82) is 5.26 Å². The maximum atomic E-state index is 13.3. The second-order valence-electron chi connectivity index (χ2n) is 3.39. The first-order valence-corrected chi connectivity index (χ1v) is 4.73. The van der Waals surface area contributed by atoms with Crippen molar-refractivity contribution in [1.82, 2.24) is 0 Å². The van der Waals surface area contributed by atoms with Gasteiger partial charge in [0.05, 0.1) is 17.2 Å². The molecule has 0 spiro atoms. The first-order chi connectivity index (χ1) is 8.27. The number of benzene rings is 1. The van der Waals surface area contributed by atoms with Crippen molar-refractivity contribution in [3.8, 4) is 6.07 Å². The Labute approximate surface area is 98.6 Å². The van der Waals surface area contributed by atoms with E-state index in [2.05, 4.69) is 0 Å². The molecule has 18 heavy (non-hydrogen) atoms. The molecule has 7 heteroatoms. The zero-order valence-electron chi connectivity index (χ0n) is 8.81. The van der Waals surface area contributed by atoms with Gasteiger partial charge in [0.1, 0.15) is 11.6 Å². The number of hydrogen-bond acceptors (Lipinski definition) is 2. The van der Waals surface area contributed by atoms with Crippen LogP contribution < -0.4 is 0 Å². The number of carbonyl (C=O) groups excluding carboxylic acids is 1. The maximum absolute atomic E-state index is 13.3. The minimum Gasteiger partial charge on any atom is -0.294 e. The van der Waals surface area contributed by atoms with Gasteiger partial charge in [0, 0.05) is 12.8 Å². The van der Waals surface area contributed by atoms with Crippen molar-refractivity contribution in [2.24, 2.45) is 0 Å². The Morgan fingerprint density at radius 2 is 1.72 bits per heavy atom. The summed E-state index contributed by atoms with van der Waals surface area (Å²) < 4.78 is 63.2. The Bertz CT molecular complexity index is 492.